The van der Waals surface area contributed by atoms with Gasteiger partial charge in [0.2, 0.25) is 5.91 Å². The summed E-state index contributed by atoms with van der Waals surface area (Å²) >= 11 is 0.951. The first kappa shape index (κ1) is 14.4. The van der Waals surface area contributed by atoms with Gasteiger partial charge in [0.05, 0.1) is 11.7 Å². The summed E-state index contributed by atoms with van der Waals surface area (Å²) in [7, 11) is -3.89. The van der Waals surface area contributed by atoms with Crippen molar-refractivity contribution < 1.29 is 13.2 Å². The van der Waals surface area contributed by atoms with Gasteiger partial charge in [-0.25, -0.2) is 13.1 Å². The minimum absolute atomic E-state index is 0.00789. The van der Waals surface area contributed by atoms with Crippen LogP contribution in [-0.2, 0) is 14.8 Å². The highest BCUT2D eigenvalue weighted by molar-refractivity contribution is 7.90. The third-order valence-electron chi connectivity index (χ3n) is 3.74. The first-order chi connectivity index (χ1) is 10.1. The highest BCUT2D eigenvalue weighted by atomic mass is 32.2. The Morgan fingerprint density at radius 1 is 1.29 bits per heavy atom. The predicted molar refractivity (Wildman–Crippen MR) is 79.3 cm³/mol. The minimum Gasteiger partial charge on any atom is -0.274 e. The second-order valence-electron chi connectivity index (χ2n) is 5.27. The van der Waals surface area contributed by atoms with Crippen LogP contribution in [0.2, 0.25) is 0 Å². The fourth-order valence-corrected chi connectivity index (χ4v) is 4.48. The molecule has 0 saturated heterocycles. The quantitative estimate of drug-likeness (QED) is 0.929. The van der Waals surface area contributed by atoms with Crippen LogP contribution in [-0.4, -0.2) is 23.1 Å². The molecule has 1 aliphatic carbocycles. The number of hydrogen-bond acceptors (Lipinski definition) is 6. The highest BCUT2D eigenvalue weighted by Crippen LogP contribution is 2.27. The van der Waals surface area contributed by atoms with Crippen LogP contribution in [0.3, 0.4) is 0 Å². The Morgan fingerprint density at radius 3 is 2.81 bits per heavy atom. The van der Waals surface area contributed by atoms with E-state index in [-0.39, 0.29) is 11.3 Å². The van der Waals surface area contributed by atoms with Crippen LogP contribution in [0.1, 0.15) is 32.1 Å². The molecule has 1 saturated carbocycles. The van der Waals surface area contributed by atoms with Gasteiger partial charge in [-0.3, -0.25) is 4.79 Å². The summed E-state index contributed by atoms with van der Waals surface area (Å²) in [5.74, 6) is -0.140. The number of carbonyl (C=O) groups is 1. The third kappa shape index (κ3) is 3.06. The number of sulfonamides is 1. The lowest BCUT2D eigenvalue weighted by molar-refractivity contribution is -0.120. The summed E-state index contributed by atoms with van der Waals surface area (Å²) in [6.45, 7) is 0. The van der Waals surface area contributed by atoms with Crippen molar-refractivity contribution in [3.63, 3.8) is 0 Å². The van der Waals surface area contributed by atoms with Gasteiger partial charge >= 0.3 is 0 Å². The summed E-state index contributed by atoms with van der Waals surface area (Å²) in [4.78, 5) is 11.9. The summed E-state index contributed by atoms with van der Waals surface area (Å²) in [6, 6.07) is 4.73. The van der Waals surface area contributed by atoms with Gasteiger partial charge in [-0.2, -0.15) is 8.75 Å². The van der Waals surface area contributed by atoms with E-state index >= 15 is 0 Å². The monoisotopic (exact) mass is 325 g/mol. The molecule has 0 radical (unpaired) electrons. The SMILES string of the molecule is O=C(CC1CCCC1)NS(=O)(=O)c1cccc2nsnc12. The Labute approximate surface area is 126 Å². The number of fused-ring (bicyclic) bond motifs is 1. The highest BCUT2D eigenvalue weighted by Gasteiger charge is 2.24. The number of benzene rings is 1. The van der Waals surface area contributed by atoms with E-state index < -0.39 is 15.9 Å². The second kappa shape index (κ2) is 5.69. The summed E-state index contributed by atoms with van der Waals surface area (Å²) < 4.78 is 34.8. The van der Waals surface area contributed by atoms with Crippen molar-refractivity contribution in [3.8, 4) is 0 Å². The van der Waals surface area contributed by atoms with Gasteiger partial charge in [0.15, 0.2) is 0 Å². The Bertz CT molecular complexity index is 764. The van der Waals surface area contributed by atoms with Gasteiger partial charge in [-0.05, 0) is 30.9 Å². The van der Waals surface area contributed by atoms with Crippen molar-refractivity contribution in [3.05, 3.63) is 18.2 Å². The van der Waals surface area contributed by atoms with Gasteiger partial charge in [0.1, 0.15) is 15.9 Å². The zero-order valence-corrected chi connectivity index (χ0v) is 12.9. The number of nitrogens with zero attached hydrogens (tertiary/aromatic N) is 2. The molecule has 0 unspecified atom stereocenters. The summed E-state index contributed by atoms with van der Waals surface area (Å²) in [6.07, 6.45) is 4.51. The molecule has 2 aromatic rings. The molecular weight excluding hydrogens is 310 g/mol. The molecule has 1 fully saturated rings. The average molecular weight is 325 g/mol. The van der Waals surface area contributed by atoms with E-state index in [1.807, 2.05) is 0 Å². The summed E-state index contributed by atoms with van der Waals surface area (Å²) in [5, 5.41) is 0. The number of amides is 1. The molecule has 0 atom stereocenters. The van der Waals surface area contributed by atoms with Gasteiger partial charge in [-0.15, -0.1) is 0 Å². The fraction of sp³-hybridized carbons (Fsp3) is 0.462. The van der Waals surface area contributed by atoms with Crippen LogP contribution in [0.15, 0.2) is 23.1 Å². The number of carbonyl (C=O) groups excluding carboxylic acids is 1. The molecule has 0 bridgehead atoms. The van der Waals surface area contributed by atoms with Crippen molar-refractivity contribution in [2.75, 3.05) is 0 Å². The largest absolute Gasteiger partial charge is 0.274 e. The molecule has 112 valence electrons. The normalized spacial score (nSPS) is 16.4. The van der Waals surface area contributed by atoms with Crippen molar-refractivity contribution in [2.45, 2.75) is 37.0 Å². The number of rotatable bonds is 4. The van der Waals surface area contributed by atoms with Crippen molar-refractivity contribution in [1.82, 2.24) is 13.5 Å². The maximum Gasteiger partial charge on any atom is 0.266 e. The van der Waals surface area contributed by atoms with Crippen molar-refractivity contribution in [1.29, 1.82) is 0 Å². The molecule has 8 heteroatoms. The minimum atomic E-state index is -3.89. The van der Waals surface area contributed by atoms with E-state index in [2.05, 4.69) is 13.5 Å². The summed E-state index contributed by atoms with van der Waals surface area (Å²) in [5.41, 5.74) is 0.829. The smallest absolute Gasteiger partial charge is 0.266 e. The predicted octanol–water partition coefficient (Wildman–Crippen LogP) is 2.08. The first-order valence-corrected chi connectivity index (χ1v) is 9.04. The molecule has 1 aliphatic rings. The van der Waals surface area contributed by atoms with Crippen LogP contribution >= 0.6 is 11.7 Å². The Morgan fingerprint density at radius 2 is 2.05 bits per heavy atom. The first-order valence-electron chi connectivity index (χ1n) is 6.83. The third-order valence-corrected chi connectivity index (χ3v) is 5.68. The lowest BCUT2D eigenvalue weighted by atomic mass is 10.0. The van der Waals surface area contributed by atoms with E-state index in [0.29, 0.717) is 17.0 Å². The van der Waals surface area contributed by atoms with Crippen molar-refractivity contribution >= 4 is 38.7 Å². The lowest BCUT2D eigenvalue weighted by Gasteiger charge is -2.10. The Hall–Kier alpha value is -1.54. The maximum atomic E-state index is 12.3. The molecule has 0 aliphatic heterocycles. The average Bonchev–Trinajstić information content (AvgIpc) is 3.07. The molecular formula is C13H15N3O3S2. The lowest BCUT2D eigenvalue weighted by Crippen LogP contribution is -2.31. The molecule has 6 nitrogen and oxygen atoms in total. The van der Waals surface area contributed by atoms with E-state index in [0.717, 1.165) is 37.4 Å². The van der Waals surface area contributed by atoms with E-state index in [1.54, 1.807) is 12.1 Å². The second-order valence-corrected chi connectivity index (χ2v) is 7.45. The van der Waals surface area contributed by atoms with Gasteiger partial charge in [0, 0.05) is 6.42 Å². The topological polar surface area (TPSA) is 89.0 Å². The zero-order valence-electron chi connectivity index (χ0n) is 11.3. The van der Waals surface area contributed by atoms with Crippen LogP contribution in [0.5, 0.6) is 0 Å². The molecule has 1 heterocycles. The number of aromatic nitrogens is 2. The van der Waals surface area contributed by atoms with Crippen LogP contribution in [0, 0.1) is 5.92 Å². The van der Waals surface area contributed by atoms with E-state index in [1.165, 1.54) is 6.07 Å². The van der Waals surface area contributed by atoms with Crippen LogP contribution < -0.4 is 4.72 Å². The van der Waals surface area contributed by atoms with Gasteiger partial charge in [0.25, 0.3) is 10.0 Å². The van der Waals surface area contributed by atoms with E-state index in [4.69, 9.17) is 0 Å². The number of hydrogen-bond donors (Lipinski definition) is 1. The van der Waals surface area contributed by atoms with Crippen LogP contribution in [0.25, 0.3) is 11.0 Å². The Kier molecular flexibility index (Phi) is 3.90. The Balaban J connectivity index is 1.80. The molecule has 1 aromatic heterocycles. The number of nitrogens with one attached hydrogen (secondary N) is 1. The van der Waals surface area contributed by atoms with Gasteiger partial charge in [-0.1, -0.05) is 18.9 Å². The maximum absolute atomic E-state index is 12.3. The van der Waals surface area contributed by atoms with Crippen molar-refractivity contribution in [2.24, 2.45) is 5.92 Å². The molecule has 1 aromatic carbocycles. The zero-order chi connectivity index (χ0) is 14.9. The van der Waals surface area contributed by atoms with Gasteiger partial charge < -0.3 is 0 Å². The molecule has 0 spiro atoms. The standard InChI is InChI=1S/C13H15N3O3S2/c17-12(8-9-4-1-2-5-9)16-21(18,19)11-7-3-6-10-13(11)15-20-14-10/h3,6-7,9H,1-2,4-5,8H2,(H,16,17). The molecule has 1 N–H and O–H groups in total. The molecule has 1 amide bonds. The van der Waals surface area contributed by atoms with E-state index in [9.17, 15) is 13.2 Å². The molecule has 3 rings (SSSR count). The molecule has 21 heavy (non-hydrogen) atoms. The van der Waals surface area contributed by atoms with Crippen LogP contribution in [0.4, 0.5) is 0 Å². The fourth-order valence-electron chi connectivity index (χ4n) is 2.72.